The van der Waals surface area contributed by atoms with Crippen LogP contribution < -0.4 is 5.73 Å². The number of rotatable bonds is 6. The summed E-state index contributed by atoms with van der Waals surface area (Å²) in [5.41, 5.74) is 7.87. The number of nitrogens with zero attached hydrogens (tertiary/aromatic N) is 1. The van der Waals surface area contributed by atoms with E-state index in [1.807, 2.05) is 24.3 Å². The monoisotopic (exact) mass is 276 g/mol. The number of nitrogens with two attached hydrogens (primary N) is 1. The van der Waals surface area contributed by atoms with Gasteiger partial charge >= 0.3 is 5.97 Å². The predicted molar refractivity (Wildman–Crippen MR) is 79.4 cm³/mol. The molecule has 1 saturated carbocycles. The molecule has 1 fully saturated rings. The van der Waals surface area contributed by atoms with E-state index in [4.69, 9.17) is 10.8 Å². The van der Waals surface area contributed by atoms with Crippen LogP contribution >= 0.6 is 0 Å². The fraction of sp³-hybridized carbons (Fsp3) is 0.562. The fourth-order valence-electron chi connectivity index (χ4n) is 3.31. The zero-order chi connectivity index (χ0) is 14.5. The third-order valence-electron chi connectivity index (χ3n) is 4.37. The van der Waals surface area contributed by atoms with Crippen LogP contribution in [0.15, 0.2) is 24.3 Å². The lowest BCUT2D eigenvalue weighted by molar-refractivity contribution is -0.136. The summed E-state index contributed by atoms with van der Waals surface area (Å²) in [6.07, 6.45) is 3.74. The van der Waals surface area contributed by atoms with Gasteiger partial charge in [0.25, 0.3) is 0 Å². The lowest BCUT2D eigenvalue weighted by Gasteiger charge is -2.29. The Morgan fingerprint density at radius 3 is 2.70 bits per heavy atom. The zero-order valence-corrected chi connectivity index (χ0v) is 12.1. The highest BCUT2D eigenvalue weighted by atomic mass is 16.4. The highest BCUT2D eigenvalue weighted by molar-refractivity contribution is 5.70. The quantitative estimate of drug-likeness (QED) is 0.832. The molecule has 4 heteroatoms. The van der Waals surface area contributed by atoms with E-state index in [1.54, 1.807) is 0 Å². The molecule has 2 rings (SSSR count). The van der Waals surface area contributed by atoms with Crippen LogP contribution in [0.1, 0.15) is 30.4 Å². The number of carboxylic acid groups (broad SMARTS) is 1. The zero-order valence-electron chi connectivity index (χ0n) is 12.1. The largest absolute Gasteiger partial charge is 0.481 e. The van der Waals surface area contributed by atoms with E-state index in [-0.39, 0.29) is 6.42 Å². The Kier molecular flexibility index (Phi) is 5.15. The first-order valence-corrected chi connectivity index (χ1v) is 7.30. The van der Waals surface area contributed by atoms with E-state index in [0.717, 1.165) is 24.2 Å². The second-order valence-electron chi connectivity index (χ2n) is 5.75. The van der Waals surface area contributed by atoms with Gasteiger partial charge in [0.1, 0.15) is 0 Å². The van der Waals surface area contributed by atoms with Crippen LogP contribution in [0.4, 0.5) is 0 Å². The predicted octanol–water partition coefficient (Wildman–Crippen LogP) is 1.87. The summed E-state index contributed by atoms with van der Waals surface area (Å²) < 4.78 is 0. The van der Waals surface area contributed by atoms with Crippen LogP contribution in [0.2, 0.25) is 0 Å². The maximum Gasteiger partial charge on any atom is 0.307 e. The highest BCUT2D eigenvalue weighted by Crippen LogP contribution is 2.29. The van der Waals surface area contributed by atoms with Gasteiger partial charge in [-0.25, -0.2) is 0 Å². The first-order valence-electron chi connectivity index (χ1n) is 7.30. The van der Waals surface area contributed by atoms with Crippen molar-refractivity contribution in [1.29, 1.82) is 0 Å². The van der Waals surface area contributed by atoms with Crippen molar-refractivity contribution in [2.24, 2.45) is 11.7 Å². The van der Waals surface area contributed by atoms with Crippen LogP contribution in [-0.4, -0.2) is 35.6 Å². The van der Waals surface area contributed by atoms with Crippen LogP contribution in [0.3, 0.4) is 0 Å². The maximum absolute atomic E-state index is 10.9. The minimum Gasteiger partial charge on any atom is -0.481 e. The van der Waals surface area contributed by atoms with Gasteiger partial charge in [-0.05, 0) is 43.5 Å². The summed E-state index contributed by atoms with van der Waals surface area (Å²) in [5, 5.41) is 8.99. The molecule has 4 nitrogen and oxygen atoms in total. The van der Waals surface area contributed by atoms with Gasteiger partial charge in [-0.2, -0.15) is 0 Å². The summed E-state index contributed by atoms with van der Waals surface area (Å²) >= 11 is 0. The molecular weight excluding hydrogens is 252 g/mol. The van der Waals surface area contributed by atoms with Gasteiger partial charge in [0.05, 0.1) is 6.42 Å². The van der Waals surface area contributed by atoms with Crippen molar-refractivity contribution in [1.82, 2.24) is 4.90 Å². The Bertz CT molecular complexity index is 462. The smallest absolute Gasteiger partial charge is 0.307 e. The van der Waals surface area contributed by atoms with Crippen LogP contribution in [-0.2, 0) is 17.8 Å². The van der Waals surface area contributed by atoms with E-state index >= 15 is 0 Å². The summed E-state index contributed by atoms with van der Waals surface area (Å²) in [5.74, 6) is -0.201. The second-order valence-corrected chi connectivity index (χ2v) is 5.75. The lowest BCUT2D eigenvalue weighted by Crippen LogP contribution is -2.37. The Balaban J connectivity index is 2.07. The number of aliphatic carboxylic acids is 1. The summed E-state index contributed by atoms with van der Waals surface area (Å²) in [7, 11) is 2.12. The molecule has 0 heterocycles. The third kappa shape index (κ3) is 3.58. The molecule has 1 aromatic carbocycles. The molecule has 2 unspecified atom stereocenters. The summed E-state index contributed by atoms with van der Waals surface area (Å²) in [6, 6.07) is 8.34. The number of benzene rings is 1. The number of hydrogen-bond donors (Lipinski definition) is 2. The van der Waals surface area contributed by atoms with E-state index in [0.29, 0.717) is 12.0 Å². The van der Waals surface area contributed by atoms with Crippen molar-refractivity contribution in [2.45, 2.75) is 38.3 Å². The molecule has 0 saturated heterocycles. The van der Waals surface area contributed by atoms with Gasteiger partial charge in [0.15, 0.2) is 0 Å². The van der Waals surface area contributed by atoms with Gasteiger partial charge in [-0.15, -0.1) is 0 Å². The molecule has 1 aromatic rings. The second kappa shape index (κ2) is 6.86. The summed E-state index contributed by atoms with van der Waals surface area (Å²) in [6.45, 7) is 1.54. The van der Waals surface area contributed by atoms with Crippen molar-refractivity contribution in [3.63, 3.8) is 0 Å². The third-order valence-corrected chi connectivity index (χ3v) is 4.37. The van der Waals surface area contributed by atoms with Crippen molar-refractivity contribution in [3.05, 3.63) is 35.4 Å². The SMILES string of the molecule is CN(Cc1ccccc1CC(=O)O)C1CCCC1CN. The van der Waals surface area contributed by atoms with Crippen molar-refractivity contribution in [3.8, 4) is 0 Å². The Labute approximate surface area is 120 Å². The molecule has 0 radical (unpaired) electrons. The van der Waals surface area contributed by atoms with Crippen LogP contribution in [0, 0.1) is 5.92 Å². The van der Waals surface area contributed by atoms with Gasteiger partial charge in [0, 0.05) is 12.6 Å². The molecule has 3 N–H and O–H groups in total. The number of hydrogen-bond acceptors (Lipinski definition) is 3. The first kappa shape index (κ1) is 15.0. The average Bonchev–Trinajstić information content (AvgIpc) is 2.88. The molecule has 110 valence electrons. The van der Waals surface area contributed by atoms with Gasteiger partial charge in [-0.1, -0.05) is 30.7 Å². The van der Waals surface area contributed by atoms with Crippen LogP contribution in [0.5, 0.6) is 0 Å². The highest BCUT2D eigenvalue weighted by Gasteiger charge is 2.29. The van der Waals surface area contributed by atoms with Crippen LogP contribution in [0.25, 0.3) is 0 Å². The molecule has 0 amide bonds. The number of carboxylic acids is 1. The molecule has 0 aliphatic heterocycles. The maximum atomic E-state index is 10.9. The van der Waals surface area contributed by atoms with Gasteiger partial charge in [0.2, 0.25) is 0 Å². The van der Waals surface area contributed by atoms with E-state index in [2.05, 4.69) is 11.9 Å². The lowest BCUT2D eigenvalue weighted by atomic mass is 10.00. The number of carbonyl (C=O) groups is 1. The van der Waals surface area contributed by atoms with E-state index < -0.39 is 5.97 Å². The topological polar surface area (TPSA) is 66.6 Å². The average molecular weight is 276 g/mol. The van der Waals surface area contributed by atoms with Gasteiger partial charge in [-0.3, -0.25) is 9.69 Å². The molecule has 1 aliphatic rings. The van der Waals surface area contributed by atoms with Crippen molar-refractivity contribution in [2.75, 3.05) is 13.6 Å². The molecule has 0 spiro atoms. The normalized spacial score (nSPS) is 22.4. The van der Waals surface area contributed by atoms with E-state index in [1.165, 1.54) is 19.3 Å². The Morgan fingerprint density at radius 1 is 1.35 bits per heavy atom. The minimum absolute atomic E-state index is 0.0923. The Morgan fingerprint density at radius 2 is 2.05 bits per heavy atom. The van der Waals surface area contributed by atoms with Crippen molar-refractivity contribution >= 4 is 5.97 Å². The minimum atomic E-state index is -0.777. The van der Waals surface area contributed by atoms with Gasteiger partial charge < -0.3 is 10.8 Å². The first-order chi connectivity index (χ1) is 9.61. The fourth-order valence-corrected chi connectivity index (χ4v) is 3.31. The summed E-state index contributed by atoms with van der Waals surface area (Å²) in [4.78, 5) is 13.3. The molecule has 0 bridgehead atoms. The Hall–Kier alpha value is -1.39. The molecule has 2 atom stereocenters. The molecular formula is C16H24N2O2. The standard InChI is InChI=1S/C16H24N2O2/c1-18(15-8-4-7-13(15)10-17)11-14-6-3-2-5-12(14)9-16(19)20/h2-3,5-6,13,15H,4,7-11,17H2,1H3,(H,19,20). The molecule has 1 aliphatic carbocycles. The van der Waals surface area contributed by atoms with E-state index in [9.17, 15) is 4.79 Å². The molecule has 20 heavy (non-hydrogen) atoms. The van der Waals surface area contributed by atoms with Crippen molar-refractivity contribution < 1.29 is 9.90 Å². The molecule has 0 aromatic heterocycles.